The summed E-state index contributed by atoms with van der Waals surface area (Å²) in [5, 5.41) is 16.4. The standard InChI is InChI=1S/C32H36F2N4O4S/c1-22-8-6-7-11-25(22)17-37(20-39)18-32(2)19-38(21-43-32)30(41)29(40)28(14-23-9-4-3-5-10-23)36-31(42)35-16-24-12-13-26(33)15-27(24)34/h3-13,15,20,28-29,40H,14,16-19,21H2,1-2H3,(H2,35,36,42). The first-order valence-corrected chi connectivity index (χ1v) is 14.9. The van der Waals surface area contributed by atoms with Gasteiger partial charge in [0.2, 0.25) is 6.41 Å². The molecule has 1 aliphatic rings. The van der Waals surface area contributed by atoms with Crippen LogP contribution in [0.3, 0.4) is 0 Å². The van der Waals surface area contributed by atoms with Gasteiger partial charge in [-0.3, -0.25) is 9.59 Å². The molecular formula is C32H36F2N4O4S. The number of benzene rings is 3. The van der Waals surface area contributed by atoms with E-state index in [-0.39, 0.29) is 18.5 Å². The fourth-order valence-electron chi connectivity index (χ4n) is 5.06. The van der Waals surface area contributed by atoms with Crippen molar-refractivity contribution in [1.29, 1.82) is 0 Å². The van der Waals surface area contributed by atoms with Gasteiger partial charge in [-0.05, 0) is 43.0 Å². The van der Waals surface area contributed by atoms with Gasteiger partial charge in [0.15, 0.2) is 6.10 Å². The number of carbonyl (C=O) groups is 3. The van der Waals surface area contributed by atoms with Crippen LogP contribution >= 0.6 is 11.8 Å². The predicted molar refractivity (Wildman–Crippen MR) is 162 cm³/mol. The number of nitrogens with zero attached hydrogens (tertiary/aromatic N) is 2. The Kier molecular flexibility index (Phi) is 10.8. The van der Waals surface area contributed by atoms with Gasteiger partial charge in [-0.1, -0.05) is 60.7 Å². The number of hydrogen-bond donors (Lipinski definition) is 3. The maximum absolute atomic E-state index is 14.0. The number of amides is 4. The summed E-state index contributed by atoms with van der Waals surface area (Å²) >= 11 is 1.53. The first-order chi connectivity index (χ1) is 20.6. The topological polar surface area (TPSA) is 102 Å². The van der Waals surface area contributed by atoms with Crippen LogP contribution in [0.2, 0.25) is 0 Å². The Hall–Kier alpha value is -3.96. The summed E-state index contributed by atoms with van der Waals surface area (Å²) in [6.07, 6.45) is -0.585. The van der Waals surface area contributed by atoms with Gasteiger partial charge in [0.05, 0.1) is 16.7 Å². The second-order valence-corrected chi connectivity index (χ2v) is 12.5. The zero-order valence-corrected chi connectivity index (χ0v) is 24.9. The van der Waals surface area contributed by atoms with Crippen LogP contribution in [-0.4, -0.2) is 69.1 Å². The number of nitrogens with one attached hydrogen (secondary N) is 2. The summed E-state index contributed by atoms with van der Waals surface area (Å²) in [6.45, 7) is 4.92. The Morgan fingerprint density at radius 3 is 2.51 bits per heavy atom. The van der Waals surface area contributed by atoms with E-state index >= 15 is 0 Å². The molecule has 3 unspecified atom stereocenters. The number of aliphatic hydroxyl groups is 1. The second kappa shape index (κ2) is 14.5. The number of aryl methyl sites for hydroxylation is 1. The molecule has 0 aliphatic carbocycles. The molecule has 11 heteroatoms. The molecule has 8 nitrogen and oxygen atoms in total. The van der Waals surface area contributed by atoms with Gasteiger partial charge in [0.25, 0.3) is 5.91 Å². The van der Waals surface area contributed by atoms with Gasteiger partial charge in [0, 0.05) is 37.8 Å². The van der Waals surface area contributed by atoms with Crippen molar-refractivity contribution in [3.63, 3.8) is 0 Å². The zero-order chi connectivity index (χ0) is 31.0. The summed E-state index contributed by atoms with van der Waals surface area (Å²) in [5.41, 5.74) is 3.01. The van der Waals surface area contributed by atoms with Gasteiger partial charge >= 0.3 is 6.03 Å². The molecule has 4 rings (SSSR count). The summed E-state index contributed by atoms with van der Waals surface area (Å²) in [7, 11) is 0. The Balaban J connectivity index is 1.40. The molecule has 4 amide bonds. The normalized spacial score (nSPS) is 17.7. The highest BCUT2D eigenvalue weighted by Crippen LogP contribution is 2.35. The average molecular weight is 611 g/mol. The SMILES string of the molecule is Cc1ccccc1CN(C=O)CC1(C)CN(C(=O)C(O)C(Cc2ccccc2)NC(=O)NCc2ccc(F)cc2F)CS1. The van der Waals surface area contributed by atoms with Crippen molar-refractivity contribution in [1.82, 2.24) is 20.4 Å². The third kappa shape index (κ3) is 8.77. The molecule has 1 saturated heterocycles. The first kappa shape index (κ1) is 32.0. The maximum Gasteiger partial charge on any atom is 0.315 e. The van der Waals surface area contributed by atoms with E-state index in [1.807, 2.05) is 68.4 Å². The summed E-state index contributed by atoms with van der Waals surface area (Å²) in [5.74, 6) is -1.74. The third-order valence-corrected chi connectivity index (χ3v) is 8.83. The van der Waals surface area contributed by atoms with E-state index in [1.54, 1.807) is 4.90 Å². The van der Waals surface area contributed by atoms with Crippen LogP contribution in [0, 0.1) is 18.6 Å². The monoisotopic (exact) mass is 610 g/mol. The maximum atomic E-state index is 14.0. The van der Waals surface area contributed by atoms with E-state index in [2.05, 4.69) is 10.6 Å². The predicted octanol–water partition coefficient (Wildman–Crippen LogP) is 3.99. The summed E-state index contributed by atoms with van der Waals surface area (Å²) in [4.78, 5) is 41.5. The minimum atomic E-state index is -1.56. The lowest BCUT2D eigenvalue weighted by Crippen LogP contribution is -2.54. The van der Waals surface area contributed by atoms with E-state index < -0.39 is 40.5 Å². The number of urea groups is 1. The van der Waals surface area contributed by atoms with Gasteiger partial charge in [-0.2, -0.15) is 0 Å². The molecule has 0 radical (unpaired) electrons. The van der Waals surface area contributed by atoms with Crippen molar-refractivity contribution in [2.24, 2.45) is 0 Å². The van der Waals surface area contributed by atoms with Crippen molar-refractivity contribution in [3.8, 4) is 0 Å². The Morgan fingerprint density at radius 1 is 1.09 bits per heavy atom. The van der Waals surface area contributed by atoms with Crippen molar-refractivity contribution < 1.29 is 28.3 Å². The van der Waals surface area contributed by atoms with E-state index in [4.69, 9.17) is 0 Å². The molecule has 1 aliphatic heterocycles. The van der Waals surface area contributed by atoms with Crippen LogP contribution < -0.4 is 10.6 Å². The molecule has 228 valence electrons. The van der Waals surface area contributed by atoms with Crippen molar-refractivity contribution in [3.05, 3.63) is 107 Å². The number of rotatable bonds is 12. The van der Waals surface area contributed by atoms with E-state index in [9.17, 15) is 28.3 Å². The van der Waals surface area contributed by atoms with E-state index in [1.165, 1.54) is 22.7 Å². The fraction of sp³-hybridized carbons (Fsp3) is 0.344. The fourth-order valence-corrected chi connectivity index (χ4v) is 6.25. The largest absolute Gasteiger partial charge is 0.381 e. The lowest BCUT2D eigenvalue weighted by atomic mass is 10.00. The minimum absolute atomic E-state index is 0.0907. The smallest absolute Gasteiger partial charge is 0.315 e. The summed E-state index contributed by atoms with van der Waals surface area (Å²) in [6, 6.07) is 18.3. The highest BCUT2D eigenvalue weighted by Gasteiger charge is 2.41. The van der Waals surface area contributed by atoms with Crippen molar-refractivity contribution in [2.45, 2.75) is 50.3 Å². The molecule has 0 aromatic heterocycles. The van der Waals surface area contributed by atoms with Crippen LogP contribution in [0.1, 0.15) is 29.2 Å². The van der Waals surface area contributed by atoms with Gasteiger partial charge in [0.1, 0.15) is 11.6 Å². The molecule has 0 saturated carbocycles. The van der Waals surface area contributed by atoms with E-state index in [0.29, 0.717) is 25.5 Å². The highest BCUT2D eigenvalue weighted by molar-refractivity contribution is 8.00. The van der Waals surface area contributed by atoms with E-state index in [0.717, 1.165) is 35.2 Å². The lowest BCUT2D eigenvalue weighted by Gasteiger charge is -2.31. The van der Waals surface area contributed by atoms with Crippen LogP contribution in [0.4, 0.5) is 13.6 Å². The summed E-state index contributed by atoms with van der Waals surface area (Å²) < 4.78 is 26.8. The highest BCUT2D eigenvalue weighted by atomic mass is 32.2. The molecule has 3 aromatic rings. The lowest BCUT2D eigenvalue weighted by molar-refractivity contribution is -0.140. The van der Waals surface area contributed by atoms with Crippen LogP contribution in [0.15, 0.2) is 72.8 Å². The van der Waals surface area contributed by atoms with Crippen LogP contribution in [0.25, 0.3) is 0 Å². The molecule has 0 bridgehead atoms. The second-order valence-electron chi connectivity index (χ2n) is 11.0. The Bertz CT molecular complexity index is 1430. The van der Waals surface area contributed by atoms with Crippen molar-refractivity contribution in [2.75, 3.05) is 19.0 Å². The number of aliphatic hydroxyl groups excluding tert-OH is 1. The van der Waals surface area contributed by atoms with Gasteiger partial charge in [-0.25, -0.2) is 13.6 Å². The van der Waals surface area contributed by atoms with Crippen molar-refractivity contribution >= 4 is 30.1 Å². The molecular weight excluding hydrogens is 574 g/mol. The van der Waals surface area contributed by atoms with Gasteiger partial charge < -0.3 is 25.5 Å². The molecule has 1 heterocycles. The molecule has 1 fully saturated rings. The zero-order valence-electron chi connectivity index (χ0n) is 24.1. The van der Waals surface area contributed by atoms with Crippen LogP contribution in [0.5, 0.6) is 0 Å². The Morgan fingerprint density at radius 2 is 1.81 bits per heavy atom. The number of halogens is 2. The molecule has 43 heavy (non-hydrogen) atoms. The minimum Gasteiger partial charge on any atom is -0.381 e. The van der Waals surface area contributed by atoms with Crippen LogP contribution in [-0.2, 0) is 29.1 Å². The average Bonchev–Trinajstić information content (AvgIpc) is 3.38. The Labute approximate surface area is 254 Å². The molecule has 3 atom stereocenters. The molecule has 3 aromatic carbocycles. The quantitative estimate of drug-likeness (QED) is 0.269. The van der Waals surface area contributed by atoms with Gasteiger partial charge in [-0.15, -0.1) is 11.8 Å². The molecule has 0 spiro atoms. The first-order valence-electron chi connectivity index (χ1n) is 13.9. The number of thioether (sulfide) groups is 1. The molecule has 3 N–H and O–H groups in total. The third-order valence-electron chi connectivity index (χ3n) is 7.43. The number of hydrogen-bond acceptors (Lipinski definition) is 5. The number of carbonyl (C=O) groups excluding carboxylic acids is 3.